The molecule has 224 valence electrons. The molecule has 11 nitrogen and oxygen atoms in total. The summed E-state index contributed by atoms with van der Waals surface area (Å²) in [6.07, 6.45) is 6.23. The van der Waals surface area contributed by atoms with Crippen molar-refractivity contribution in [1.29, 1.82) is 0 Å². The van der Waals surface area contributed by atoms with Gasteiger partial charge in [0, 0.05) is 36.1 Å². The number of rotatable bonds is 6. The Kier molecular flexibility index (Phi) is 8.38. The SMILES string of the molecule is Cc1noc(C)c1-c1ccc(NC(=O)C(NC(=O)c2ccc3n2CCN(C(=O)OC(C)(C)C)C3)C2CCCCC2)nc1. The fourth-order valence-corrected chi connectivity index (χ4v) is 5.88. The van der Waals surface area contributed by atoms with Crippen molar-refractivity contribution in [3.05, 3.63) is 53.3 Å². The molecule has 1 unspecified atom stereocenters. The lowest BCUT2D eigenvalue weighted by Crippen LogP contribution is -2.49. The van der Waals surface area contributed by atoms with Crippen LogP contribution in [0.25, 0.3) is 11.1 Å². The van der Waals surface area contributed by atoms with Crippen molar-refractivity contribution in [3.63, 3.8) is 0 Å². The van der Waals surface area contributed by atoms with Crippen LogP contribution in [0.15, 0.2) is 35.0 Å². The summed E-state index contributed by atoms with van der Waals surface area (Å²) in [5.74, 6) is 0.556. The van der Waals surface area contributed by atoms with Crippen LogP contribution in [0.4, 0.5) is 10.6 Å². The van der Waals surface area contributed by atoms with Crippen molar-refractivity contribution in [2.45, 2.75) is 91.5 Å². The Morgan fingerprint density at radius 1 is 1.05 bits per heavy atom. The molecule has 1 saturated carbocycles. The number of hydrogen-bond donors (Lipinski definition) is 2. The summed E-state index contributed by atoms with van der Waals surface area (Å²) in [7, 11) is 0. The molecule has 0 radical (unpaired) electrons. The molecule has 1 fully saturated rings. The van der Waals surface area contributed by atoms with Gasteiger partial charge in [0.15, 0.2) is 0 Å². The number of carbonyl (C=O) groups is 3. The zero-order valence-corrected chi connectivity index (χ0v) is 25.0. The lowest BCUT2D eigenvalue weighted by molar-refractivity contribution is -0.119. The smallest absolute Gasteiger partial charge is 0.410 e. The molecule has 0 spiro atoms. The number of anilines is 1. The number of hydrogen-bond acceptors (Lipinski definition) is 7. The maximum Gasteiger partial charge on any atom is 0.410 e. The zero-order chi connectivity index (χ0) is 30.0. The molecule has 2 aliphatic rings. The van der Waals surface area contributed by atoms with E-state index in [4.69, 9.17) is 9.26 Å². The van der Waals surface area contributed by atoms with Gasteiger partial charge in [0.05, 0.1) is 12.2 Å². The van der Waals surface area contributed by atoms with Gasteiger partial charge >= 0.3 is 6.09 Å². The lowest BCUT2D eigenvalue weighted by atomic mass is 9.83. The van der Waals surface area contributed by atoms with Gasteiger partial charge in [-0.1, -0.05) is 24.4 Å². The molecule has 1 aliphatic heterocycles. The highest BCUT2D eigenvalue weighted by Gasteiger charge is 2.33. The molecule has 2 N–H and O–H groups in total. The Morgan fingerprint density at radius 3 is 2.45 bits per heavy atom. The number of aryl methyl sites for hydroxylation is 2. The third-order valence-corrected chi connectivity index (χ3v) is 7.93. The van der Waals surface area contributed by atoms with Crippen LogP contribution in [0.3, 0.4) is 0 Å². The van der Waals surface area contributed by atoms with E-state index in [0.29, 0.717) is 36.9 Å². The minimum absolute atomic E-state index is 0.0303. The van der Waals surface area contributed by atoms with Crippen LogP contribution in [-0.4, -0.2) is 55.7 Å². The minimum Gasteiger partial charge on any atom is -0.444 e. The second-order valence-corrected chi connectivity index (χ2v) is 12.2. The van der Waals surface area contributed by atoms with Crippen LogP contribution in [0.1, 0.15) is 80.5 Å². The summed E-state index contributed by atoms with van der Waals surface area (Å²) in [6, 6.07) is 6.53. The molecule has 5 rings (SSSR count). The monoisotopic (exact) mass is 576 g/mol. The number of nitrogens with one attached hydrogen (secondary N) is 2. The topological polar surface area (TPSA) is 132 Å². The third kappa shape index (κ3) is 6.50. The zero-order valence-electron chi connectivity index (χ0n) is 25.0. The number of ether oxygens (including phenoxy) is 1. The largest absolute Gasteiger partial charge is 0.444 e. The molecule has 3 aromatic rings. The van der Waals surface area contributed by atoms with Crippen LogP contribution in [0.5, 0.6) is 0 Å². The maximum atomic E-state index is 13.6. The standard InChI is InChI=1S/C31H40N6O5/c1-19-26(20(2)42-35-19)22-11-14-25(32-17-22)33-29(39)27(21-9-7-6-8-10-21)34-28(38)24-13-12-23-18-36(15-16-37(23)24)30(40)41-31(3,4)5/h11-14,17,21,27H,6-10,15-16,18H2,1-5H3,(H,34,38)(H,32,33,39). The van der Waals surface area contributed by atoms with Gasteiger partial charge in [0.25, 0.3) is 5.91 Å². The quantitative estimate of drug-likeness (QED) is 0.411. The summed E-state index contributed by atoms with van der Waals surface area (Å²) >= 11 is 0. The fourth-order valence-electron chi connectivity index (χ4n) is 5.88. The normalized spacial score (nSPS) is 16.5. The van der Waals surface area contributed by atoms with Gasteiger partial charge in [-0.05, 0) is 77.6 Å². The van der Waals surface area contributed by atoms with Gasteiger partial charge in [-0.2, -0.15) is 0 Å². The molecule has 0 saturated heterocycles. The average molecular weight is 577 g/mol. The summed E-state index contributed by atoms with van der Waals surface area (Å²) < 4.78 is 12.7. The summed E-state index contributed by atoms with van der Waals surface area (Å²) in [5.41, 5.74) is 3.25. The van der Waals surface area contributed by atoms with Crippen molar-refractivity contribution >= 4 is 23.7 Å². The van der Waals surface area contributed by atoms with Gasteiger partial charge in [-0.3, -0.25) is 9.59 Å². The molecular formula is C31H40N6O5. The average Bonchev–Trinajstić information content (AvgIpc) is 3.53. The van der Waals surface area contributed by atoms with Crippen molar-refractivity contribution in [1.82, 2.24) is 24.9 Å². The third-order valence-electron chi connectivity index (χ3n) is 7.93. The Bertz CT molecular complexity index is 1430. The first-order valence-electron chi connectivity index (χ1n) is 14.7. The van der Waals surface area contributed by atoms with Crippen molar-refractivity contribution in [3.8, 4) is 11.1 Å². The molecule has 42 heavy (non-hydrogen) atoms. The van der Waals surface area contributed by atoms with E-state index in [9.17, 15) is 14.4 Å². The van der Waals surface area contributed by atoms with E-state index in [2.05, 4.69) is 20.8 Å². The fraction of sp³-hybridized carbons (Fsp3) is 0.516. The van der Waals surface area contributed by atoms with Gasteiger partial charge in [0.1, 0.15) is 28.9 Å². The number of amides is 3. The van der Waals surface area contributed by atoms with Gasteiger partial charge < -0.3 is 29.4 Å². The van der Waals surface area contributed by atoms with Crippen molar-refractivity contribution in [2.24, 2.45) is 5.92 Å². The second kappa shape index (κ2) is 12.0. The number of carbonyl (C=O) groups excluding carboxylic acids is 3. The predicted octanol–water partition coefficient (Wildman–Crippen LogP) is 5.22. The molecule has 0 bridgehead atoms. The Hall–Kier alpha value is -4.15. The first kappa shape index (κ1) is 29.3. The molecule has 4 heterocycles. The van der Waals surface area contributed by atoms with Crippen molar-refractivity contribution in [2.75, 3.05) is 11.9 Å². The summed E-state index contributed by atoms with van der Waals surface area (Å²) in [6.45, 7) is 10.5. The Labute approximate surface area is 246 Å². The molecule has 3 aromatic heterocycles. The summed E-state index contributed by atoms with van der Waals surface area (Å²) in [5, 5.41) is 9.97. The lowest BCUT2D eigenvalue weighted by Gasteiger charge is -2.32. The number of aromatic nitrogens is 3. The van der Waals surface area contributed by atoms with Crippen LogP contribution in [0, 0.1) is 19.8 Å². The molecule has 11 heteroatoms. The number of nitrogens with zero attached hydrogens (tertiary/aromatic N) is 4. The van der Waals surface area contributed by atoms with Crippen LogP contribution in [0.2, 0.25) is 0 Å². The van der Waals surface area contributed by atoms with E-state index >= 15 is 0 Å². The van der Waals surface area contributed by atoms with E-state index in [-0.39, 0.29) is 23.8 Å². The Balaban J connectivity index is 1.29. The van der Waals surface area contributed by atoms with E-state index in [1.165, 1.54) is 0 Å². The van der Waals surface area contributed by atoms with Crippen LogP contribution < -0.4 is 10.6 Å². The number of pyridine rings is 1. The molecule has 0 aromatic carbocycles. The Morgan fingerprint density at radius 2 is 1.81 bits per heavy atom. The van der Waals surface area contributed by atoms with E-state index in [1.807, 2.05) is 51.3 Å². The van der Waals surface area contributed by atoms with Crippen molar-refractivity contribution < 1.29 is 23.6 Å². The van der Waals surface area contributed by atoms with Gasteiger partial charge in [-0.15, -0.1) is 0 Å². The second-order valence-electron chi connectivity index (χ2n) is 12.2. The van der Waals surface area contributed by atoms with E-state index < -0.39 is 11.6 Å². The highest BCUT2D eigenvalue weighted by molar-refractivity contribution is 6.00. The van der Waals surface area contributed by atoms with Crippen LogP contribution in [-0.2, 0) is 22.6 Å². The highest BCUT2D eigenvalue weighted by atomic mass is 16.6. The molecule has 1 atom stereocenters. The van der Waals surface area contributed by atoms with E-state index in [1.54, 1.807) is 23.2 Å². The van der Waals surface area contributed by atoms with E-state index in [0.717, 1.165) is 54.6 Å². The molecule has 1 aliphatic carbocycles. The summed E-state index contributed by atoms with van der Waals surface area (Å²) in [4.78, 5) is 45.9. The van der Waals surface area contributed by atoms with Crippen LogP contribution >= 0.6 is 0 Å². The highest BCUT2D eigenvalue weighted by Crippen LogP contribution is 2.29. The number of fused-ring (bicyclic) bond motifs is 1. The first-order chi connectivity index (χ1) is 20.0. The first-order valence-corrected chi connectivity index (χ1v) is 14.7. The minimum atomic E-state index is -0.699. The molecular weight excluding hydrogens is 536 g/mol. The van der Waals surface area contributed by atoms with Gasteiger partial charge in [0.2, 0.25) is 5.91 Å². The van der Waals surface area contributed by atoms with Gasteiger partial charge in [-0.25, -0.2) is 9.78 Å². The predicted molar refractivity (Wildman–Crippen MR) is 157 cm³/mol. The maximum absolute atomic E-state index is 13.6. The molecule has 3 amide bonds.